The Bertz CT molecular complexity index is 519. The van der Waals surface area contributed by atoms with Crippen molar-refractivity contribution >= 4 is 55.0 Å². The van der Waals surface area contributed by atoms with Gasteiger partial charge in [-0.2, -0.15) is 0 Å². The lowest BCUT2D eigenvalue weighted by Crippen LogP contribution is -1.99. The fourth-order valence-corrected chi connectivity index (χ4v) is 3.31. The molecule has 3 rings (SSSR count). The van der Waals surface area contributed by atoms with E-state index < -0.39 is 0 Å². The van der Waals surface area contributed by atoms with Crippen LogP contribution in [0.25, 0.3) is 0 Å². The maximum Gasteiger partial charge on any atom is 0.0537 e. The van der Waals surface area contributed by atoms with Gasteiger partial charge in [-0.3, -0.25) is 0 Å². The van der Waals surface area contributed by atoms with E-state index >= 15 is 0 Å². The van der Waals surface area contributed by atoms with E-state index in [2.05, 4.69) is 73.6 Å². The SMILES string of the molecule is Brc1ccc2c(c1)Nc1cc(Br)ccc1S2. The molecule has 0 spiro atoms. The molecular weight excluding hydrogens is 350 g/mol. The van der Waals surface area contributed by atoms with Gasteiger partial charge >= 0.3 is 0 Å². The van der Waals surface area contributed by atoms with Crippen molar-refractivity contribution in [2.75, 3.05) is 5.32 Å². The Balaban J connectivity index is 2.10. The molecule has 0 unspecified atom stereocenters. The third-order valence-corrected chi connectivity index (χ3v) is 4.51. The zero-order chi connectivity index (χ0) is 11.1. The van der Waals surface area contributed by atoms with E-state index in [1.165, 1.54) is 9.79 Å². The molecule has 4 heteroatoms. The van der Waals surface area contributed by atoms with Crippen LogP contribution in [0.15, 0.2) is 55.1 Å². The predicted octanol–water partition coefficient (Wildman–Crippen LogP) is 5.42. The van der Waals surface area contributed by atoms with Crippen LogP contribution in [0, 0.1) is 0 Å². The van der Waals surface area contributed by atoms with Crippen molar-refractivity contribution in [1.82, 2.24) is 0 Å². The van der Waals surface area contributed by atoms with Crippen LogP contribution >= 0.6 is 43.6 Å². The first-order chi connectivity index (χ1) is 7.72. The third kappa shape index (κ3) is 1.90. The number of nitrogens with one attached hydrogen (secondary N) is 1. The molecule has 0 radical (unpaired) electrons. The molecule has 2 aromatic rings. The van der Waals surface area contributed by atoms with Crippen molar-refractivity contribution in [3.05, 3.63) is 45.3 Å². The van der Waals surface area contributed by atoms with E-state index in [0.29, 0.717) is 0 Å². The lowest BCUT2D eigenvalue weighted by atomic mass is 10.2. The van der Waals surface area contributed by atoms with Crippen molar-refractivity contribution in [3.8, 4) is 0 Å². The normalized spacial score (nSPS) is 12.6. The zero-order valence-electron chi connectivity index (χ0n) is 8.13. The van der Waals surface area contributed by atoms with Gasteiger partial charge in [-0.1, -0.05) is 43.6 Å². The standard InChI is InChI=1S/C12H7Br2NS/c13-7-1-3-11-9(5-7)15-10-6-8(14)2-4-12(10)16-11/h1-6,15H. The Morgan fingerprint density at radius 3 is 1.81 bits per heavy atom. The van der Waals surface area contributed by atoms with Crippen LogP contribution in [-0.4, -0.2) is 0 Å². The van der Waals surface area contributed by atoms with Gasteiger partial charge < -0.3 is 5.32 Å². The number of anilines is 2. The van der Waals surface area contributed by atoms with Crippen molar-refractivity contribution in [3.63, 3.8) is 0 Å². The van der Waals surface area contributed by atoms with Crippen LogP contribution in [-0.2, 0) is 0 Å². The van der Waals surface area contributed by atoms with E-state index in [4.69, 9.17) is 0 Å². The van der Waals surface area contributed by atoms with Gasteiger partial charge in [0.25, 0.3) is 0 Å². The van der Waals surface area contributed by atoms with Gasteiger partial charge in [0.1, 0.15) is 0 Å². The first-order valence-corrected chi connectivity index (χ1v) is 7.16. The number of hydrogen-bond acceptors (Lipinski definition) is 2. The first kappa shape index (κ1) is 10.7. The molecular formula is C12H7Br2NS. The van der Waals surface area contributed by atoms with Gasteiger partial charge in [0.05, 0.1) is 11.4 Å². The zero-order valence-corrected chi connectivity index (χ0v) is 12.1. The number of hydrogen-bond donors (Lipinski definition) is 1. The van der Waals surface area contributed by atoms with Crippen molar-refractivity contribution in [2.24, 2.45) is 0 Å². The monoisotopic (exact) mass is 355 g/mol. The largest absolute Gasteiger partial charge is 0.354 e. The van der Waals surface area contributed by atoms with E-state index in [0.717, 1.165) is 20.3 Å². The Morgan fingerprint density at radius 1 is 0.812 bits per heavy atom. The van der Waals surface area contributed by atoms with E-state index in [1.54, 1.807) is 11.8 Å². The number of fused-ring (bicyclic) bond motifs is 2. The smallest absolute Gasteiger partial charge is 0.0537 e. The predicted molar refractivity (Wildman–Crippen MR) is 75.7 cm³/mol. The molecule has 1 aliphatic heterocycles. The average molecular weight is 357 g/mol. The maximum atomic E-state index is 3.49. The summed E-state index contributed by atoms with van der Waals surface area (Å²) in [5, 5.41) is 3.44. The topological polar surface area (TPSA) is 12.0 Å². The van der Waals surface area contributed by atoms with Crippen LogP contribution in [0.1, 0.15) is 0 Å². The summed E-state index contributed by atoms with van der Waals surface area (Å²) >= 11 is 8.77. The highest BCUT2D eigenvalue weighted by Crippen LogP contribution is 2.45. The van der Waals surface area contributed by atoms with Crippen molar-refractivity contribution in [2.45, 2.75) is 9.79 Å². The van der Waals surface area contributed by atoms with E-state index in [1.807, 2.05) is 0 Å². The van der Waals surface area contributed by atoms with Crippen LogP contribution in [0.4, 0.5) is 11.4 Å². The molecule has 16 heavy (non-hydrogen) atoms. The van der Waals surface area contributed by atoms with Gasteiger partial charge in [-0.25, -0.2) is 0 Å². The summed E-state index contributed by atoms with van der Waals surface area (Å²) in [6, 6.07) is 12.6. The van der Waals surface area contributed by atoms with E-state index in [9.17, 15) is 0 Å². The molecule has 2 aromatic carbocycles. The van der Waals surface area contributed by atoms with Gasteiger partial charge in [-0.15, -0.1) is 0 Å². The molecule has 0 amide bonds. The highest BCUT2D eigenvalue weighted by Gasteiger charge is 2.15. The van der Waals surface area contributed by atoms with Gasteiger partial charge in [-0.05, 0) is 36.4 Å². The van der Waals surface area contributed by atoms with Gasteiger partial charge in [0.2, 0.25) is 0 Å². The second-order valence-corrected chi connectivity index (χ2v) is 6.42. The number of halogens is 2. The summed E-state index contributed by atoms with van der Waals surface area (Å²) in [5.41, 5.74) is 2.31. The van der Waals surface area contributed by atoms with Crippen LogP contribution in [0.3, 0.4) is 0 Å². The fourth-order valence-electron chi connectivity index (χ4n) is 1.64. The average Bonchev–Trinajstić information content (AvgIpc) is 2.26. The maximum absolute atomic E-state index is 3.49. The molecule has 0 saturated carbocycles. The lowest BCUT2D eigenvalue weighted by Gasteiger charge is -2.21. The molecule has 1 heterocycles. The minimum Gasteiger partial charge on any atom is -0.354 e. The Labute approximate surface area is 115 Å². The lowest BCUT2D eigenvalue weighted by molar-refractivity contribution is 1.30. The summed E-state index contributed by atoms with van der Waals surface area (Å²) in [4.78, 5) is 2.52. The number of benzene rings is 2. The molecule has 0 aliphatic carbocycles. The second kappa shape index (κ2) is 4.09. The summed E-state index contributed by atoms with van der Waals surface area (Å²) in [6.45, 7) is 0. The first-order valence-electron chi connectivity index (χ1n) is 4.76. The second-order valence-electron chi connectivity index (χ2n) is 3.51. The summed E-state index contributed by atoms with van der Waals surface area (Å²) in [5.74, 6) is 0. The minimum atomic E-state index is 1.10. The Hall–Kier alpha value is -0.450. The molecule has 1 N–H and O–H groups in total. The molecule has 0 atom stereocenters. The number of rotatable bonds is 0. The van der Waals surface area contributed by atoms with Crippen LogP contribution < -0.4 is 5.32 Å². The van der Waals surface area contributed by atoms with Crippen LogP contribution in [0.2, 0.25) is 0 Å². The van der Waals surface area contributed by atoms with E-state index in [-0.39, 0.29) is 0 Å². The third-order valence-electron chi connectivity index (χ3n) is 2.37. The van der Waals surface area contributed by atoms with Crippen molar-refractivity contribution in [1.29, 1.82) is 0 Å². The highest BCUT2D eigenvalue weighted by atomic mass is 79.9. The van der Waals surface area contributed by atoms with Gasteiger partial charge in [0, 0.05) is 18.7 Å². The molecule has 0 bridgehead atoms. The molecule has 80 valence electrons. The van der Waals surface area contributed by atoms with Crippen molar-refractivity contribution < 1.29 is 0 Å². The fraction of sp³-hybridized carbons (Fsp3) is 0. The minimum absolute atomic E-state index is 1.10. The van der Waals surface area contributed by atoms with Gasteiger partial charge in [0.15, 0.2) is 0 Å². The molecule has 0 fully saturated rings. The molecule has 1 nitrogen and oxygen atoms in total. The molecule has 0 saturated heterocycles. The molecule has 1 aliphatic rings. The Kier molecular flexibility index (Phi) is 2.73. The quantitative estimate of drug-likeness (QED) is 0.577. The highest BCUT2D eigenvalue weighted by molar-refractivity contribution is 9.10. The summed E-state index contributed by atoms with van der Waals surface area (Å²) in [6.07, 6.45) is 0. The van der Waals surface area contributed by atoms with Crippen LogP contribution in [0.5, 0.6) is 0 Å². The molecule has 0 aromatic heterocycles. The Morgan fingerprint density at radius 2 is 1.31 bits per heavy atom. The summed E-state index contributed by atoms with van der Waals surface area (Å²) < 4.78 is 2.19. The summed E-state index contributed by atoms with van der Waals surface area (Å²) in [7, 11) is 0.